The van der Waals surface area contributed by atoms with Crippen molar-refractivity contribution in [2.75, 3.05) is 0 Å². The van der Waals surface area contributed by atoms with E-state index < -0.39 is 0 Å². The van der Waals surface area contributed by atoms with Crippen LogP contribution in [0.2, 0.25) is 5.02 Å². The van der Waals surface area contributed by atoms with Crippen molar-refractivity contribution in [1.82, 2.24) is 5.32 Å². The van der Waals surface area contributed by atoms with Gasteiger partial charge in [-0.2, -0.15) is 0 Å². The van der Waals surface area contributed by atoms with Gasteiger partial charge >= 0.3 is 0 Å². The summed E-state index contributed by atoms with van der Waals surface area (Å²) in [6.07, 6.45) is 3.86. The molecule has 1 aromatic carbocycles. The van der Waals surface area contributed by atoms with E-state index in [2.05, 4.69) is 19.2 Å². The zero-order chi connectivity index (χ0) is 13.2. The number of carbonyl (C=O) groups is 1. The lowest BCUT2D eigenvalue weighted by atomic mass is 9.94. The second-order valence-corrected chi connectivity index (χ2v) is 5.51. The van der Waals surface area contributed by atoms with Gasteiger partial charge in [-0.3, -0.25) is 4.79 Å². The van der Waals surface area contributed by atoms with Crippen molar-refractivity contribution in [3.05, 3.63) is 34.9 Å². The van der Waals surface area contributed by atoms with Gasteiger partial charge in [0.05, 0.1) is 5.41 Å². The highest BCUT2D eigenvalue weighted by Gasteiger charge is 2.51. The fourth-order valence-electron chi connectivity index (χ4n) is 2.36. The Balaban J connectivity index is 2.11. The van der Waals surface area contributed by atoms with Crippen molar-refractivity contribution in [2.45, 2.75) is 51.0 Å². The highest BCUT2D eigenvalue weighted by Crippen LogP contribution is 2.48. The van der Waals surface area contributed by atoms with Crippen LogP contribution in [0.3, 0.4) is 0 Å². The summed E-state index contributed by atoms with van der Waals surface area (Å²) in [6.45, 7) is 4.21. The molecule has 0 aromatic heterocycles. The second kappa shape index (κ2) is 5.31. The highest BCUT2D eigenvalue weighted by molar-refractivity contribution is 6.30. The van der Waals surface area contributed by atoms with Crippen molar-refractivity contribution >= 4 is 17.5 Å². The average molecular weight is 266 g/mol. The zero-order valence-electron chi connectivity index (χ0n) is 11.0. The summed E-state index contributed by atoms with van der Waals surface area (Å²) in [4.78, 5) is 12.4. The first-order valence-corrected chi connectivity index (χ1v) is 7.07. The molecule has 2 nitrogen and oxygen atoms in total. The predicted octanol–water partition coefficient (Wildman–Crippen LogP) is 3.68. The van der Waals surface area contributed by atoms with Crippen LogP contribution in [0.25, 0.3) is 0 Å². The normalized spacial score (nSPS) is 16.7. The van der Waals surface area contributed by atoms with Crippen molar-refractivity contribution in [3.8, 4) is 0 Å². The van der Waals surface area contributed by atoms with Crippen molar-refractivity contribution in [1.29, 1.82) is 0 Å². The van der Waals surface area contributed by atoms with E-state index >= 15 is 0 Å². The first-order chi connectivity index (χ1) is 8.62. The molecule has 2 rings (SSSR count). The summed E-state index contributed by atoms with van der Waals surface area (Å²) in [5, 5.41) is 3.88. The third kappa shape index (κ3) is 2.54. The number of carbonyl (C=O) groups excluding carboxylic acids is 1. The van der Waals surface area contributed by atoms with Gasteiger partial charge in [0.25, 0.3) is 0 Å². The van der Waals surface area contributed by atoms with Crippen molar-refractivity contribution in [3.63, 3.8) is 0 Å². The lowest BCUT2D eigenvalue weighted by Crippen LogP contribution is -2.41. The van der Waals surface area contributed by atoms with Gasteiger partial charge in [-0.05, 0) is 43.4 Å². The van der Waals surface area contributed by atoms with Gasteiger partial charge in [-0.1, -0.05) is 37.6 Å². The summed E-state index contributed by atoms with van der Waals surface area (Å²) in [5.74, 6) is 0.179. The Labute approximate surface area is 114 Å². The molecule has 0 heterocycles. The van der Waals surface area contributed by atoms with E-state index in [-0.39, 0.29) is 11.3 Å². The molecule has 1 N–H and O–H groups in total. The van der Waals surface area contributed by atoms with Gasteiger partial charge in [0.15, 0.2) is 0 Å². The highest BCUT2D eigenvalue weighted by atomic mass is 35.5. The zero-order valence-corrected chi connectivity index (χ0v) is 11.8. The Morgan fingerprint density at radius 3 is 2.28 bits per heavy atom. The summed E-state index contributed by atoms with van der Waals surface area (Å²) in [6, 6.07) is 7.97. The lowest BCUT2D eigenvalue weighted by Gasteiger charge is -2.21. The van der Waals surface area contributed by atoms with E-state index in [1.54, 1.807) is 0 Å². The van der Waals surface area contributed by atoms with E-state index in [4.69, 9.17) is 11.6 Å². The minimum Gasteiger partial charge on any atom is -0.353 e. The first-order valence-electron chi connectivity index (χ1n) is 6.69. The van der Waals surface area contributed by atoms with Crippen LogP contribution in [0.5, 0.6) is 0 Å². The molecule has 0 spiro atoms. The van der Waals surface area contributed by atoms with Crippen LogP contribution in [0.4, 0.5) is 0 Å². The Kier molecular flexibility index (Phi) is 3.96. The van der Waals surface area contributed by atoms with Gasteiger partial charge in [0.1, 0.15) is 0 Å². The van der Waals surface area contributed by atoms with Crippen LogP contribution in [0.15, 0.2) is 24.3 Å². The van der Waals surface area contributed by atoms with Gasteiger partial charge in [0.2, 0.25) is 5.91 Å². The number of halogens is 1. The molecule has 0 bridgehead atoms. The number of hydrogen-bond acceptors (Lipinski definition) is 1. The van der Waals surface area contributed by atoms with E-state index in [0.717, 1.165) is 36.3 Å². The second-order valence-electron chi connectivity index (χ2n) is 5.08. The van der Waals surface area contributed by atoms with Gasteiger partial charge in [-0.15, -0.1) is 0 Å². The molecule has 1 fully saturated rings. The number of benzene rings is 1. The van der Waals surface area contributed by atoms with Crippen LogP contribution < -0.4 is 5.32 Å². The SMILES string of the molecule is CCC(CC)NC(=O)C1(c2ccc(Cl)cc2)CC1. The standard InChI is InChI=1S/C15H20ClNO/c1-3-13(4-2)17-14(18)15(9-10-15)11-5-7-12(16)8-6-11/h5-8,13H,3-4,9-10H2,1-2H3,(H,17,18). The third-order valence-electron chi connectivity index (χ3n) is 3.90. The number of hydrogen-bond donors (Lipinski definition) is 1. The fraction of sp³-hybridized carbons (Fsp3) is 0.533. The molecule has 0 atom stereocenters. The maximum Gasteiger partial charge on any atom is 0.230 e. The quantitative estimate of drug-likeness (QED) is 0.865. The Hall–Kier alpha value is -1.02. The maximum absolute atomic E-state index is 12.4. The summed E-state index contributed by atoms with van der Waals surface area (Å²) in [5.41, 5.74) is 0.808. The molecule has 1 saturated carbocycles. The predicted molar refractivity (Wildman–Crippen MR) is 74.9 cm³/mol. The first kappa shape index (κ1) is 13.4. The minimum absolute atomic E-state index is 0.179. The molecule has 1 amide bonds. The fourth-order valence-corrected chi connectivity index (χ4v) is 2.48. The Morgan fingerprint density at radius 1 is 1.28 bits per heavy atom. The average Bonchev–Trinajstić information content (AvgIpc) is 3.18. The number of nitrogens with one attached hydrogen (secondary N) is 1. The summed E-state index contributed by atoms with van der Waals surface area (Å²) in [7, 11) is 0. The molecular formula is C15H20ClNO. The Bertz CT molecular complexity index is 419. The molecule has 0 radical (unpaired) electrons. The van der Waals surface area contributed by atoms with E-state index in [1.807, 2.05) is 24.3 Å². The van der Waals surface area contributed by atoms with Gasteiger partial charge in [-0.25, -0.2) is 0 Å². The number of rotatable bonds is 5. The van der Waals surface area contributed by atoms with Crippen LogP contribution in [0.1, 0.15) is 45.1 Å². The molecule has 1 aliphatic rings. The van der Waals surface area contributed by atoms with Crippen molar-refractivity contribution in [2.24, 2.45) is 0 Å². The van der Waals surface area contributed by atoms with Crippen LogP contribution >= 0.6 is 11.6 Å². The third-order valence-corrected chi connectivity index (χ3v) is 4.15. The van der Waals surface area contributed by atoms with Gasteiger partial charge in [0, 0.05) is 11.1 Å². The minimum atomic E-state index is -0.285. The summed E-state index contributed by atoms with van der Waals surface area (Å²) >= 11 is 5.89. The molecule has 0 aliphatic heterocycles. The van der Waals surface area contributed by atoms with Crippen LogP contribution in [-0.4, -0.2) is 11.9 Å². The topological polar surface area (TPSA) is 29.1 Å². The van der Waals surface area contributed by atoms with E-state index in [1.165, 1.54) is 0 Å². The number of amides is 1. The largest absolute Gasteiger partial charge is 0.353 e. The molecular weight excluding hydrogens is 246 g/mol. The Morgan fingerprint density at radius 2 is 1.83 bits per heavy atom. The maximum atomic E-state index is 12.4. The van der Waals surface area contributed by atoms with E-state index in [9.17, 15) is 4.79 Å². The molecule has 98 valence electrons. The van der Waals surface area contributed by atoms with Gasteiger partial charge < -0.3 is 5.32 Å². The molecule has 0 unspecified atom stereocenters. The van der Waals surface area contributed by atoms with Crippen LogP contribution in [0, 0.1) is 0 Å². The van der Waals surface area contributed by atoms with Crippen LogP contribution in [-0.2, 0) is 10.2 Å². The smallest absolute Gasteiger partial charge is 0.230 e. The molecule has 1 aliphatic carbocycles. The monoisotopic (exact) mass is 265 g/mol. The van der Waals surface area contributed by atoms with E-state index in [0.29, 0.717) is 6.04 Å². The molecule has 1 aromatic rings. The summed E-state index contributed by atoms with van der Waals surface area (Å²) < 4.78 is 0. The lowest BCUT2D eigenvalue weighted by molar-refractivity contribution is -0.124. The van der Waals surface area contributed by atoms with Crippen molar-refractivity contribution < 1.29 is 4.79 Å². The molecule has 18 heavy (non-hydrogen) atoms. The molecule has 3 heteroatoms. The molecule has 0 saturated heterocycles.